The van der Waals surface area contributed by atoms with Crippen LogP contribution in [0.1, 0.15) is 27.6 Å². The number of carbonyl (C=O) groups excluding carboxylic acids is 3. The second kappa shape index (κ2) is 6.02. The van der Waals surface area contributed by atoms with Crippen LogP contribution in [0.2, 0.25) is 0 Å². The van der Waals surface area contributed by atoms with Gasteiger partial charge in [-0.15, -0.1) is 0 Å². The Morgan fingerprint density at radius 3 is 2.16 bits per heavy atom. The third-order valence-electron chi connectivity index (χ3n) is 3.48. The van der Waals surface area contributed by atoms with E-state index in [1.54, 1.807) is 12.1 Å². The Balaban J connectivity index is 1.85. The number of nitrogens with one attached hydrogen (secondary N) is 3. The van der Waals surface area contributed by atoms with Crippen LogP contribution in [0.3, 0.4) is 0 Å². The van der Waals surface area contributed by atoms with Crippen molar-refractivity contribution >= 4 is 39.1 Å². The molecule has 2 aromatic rings. The van der Waals surface area contributed by atoms with Crippen LogP contribution in [0.5, 0.6) is 0 Å². The Bertz CT molecular complexity index is 997. The number of hydrogen-bond donors (Lipinski definition) is 3. The van der Waals surface area contributed by atoms with Crippen LogP contribution in [-0.2, 0) is 14.8 Å². The molecule has 2 aromatic carbocycles. The van der Waals surface area contributed by atoms with Crippen molar-refractivity contribution in [1.82, 2.24) is 5.32 Å². The molecule has 1 aliphatic rings. The van der Waals surface area contributed by atoms with Gasteiger partial charge in [0.1, 0.15) is 0 Å². The lowest BCUT2D eigenvalue weighted by Gasteiger charge is -2.10. The molecule has 0 saturated heterocycles. The van der Waals surface area contributed by atoms with Gasteiger partial charge in [0.2, 0.25) is 5.91 Å². The Morgan fingerprint density at radius 1 is 0.920 bits per heavy atom. The van der Waals surface area contributed by atoms with Gasteiger partial charge < -0.3 is 5.32 Å². The van der Waals surface area contributed by atoms with Crippen molar-refractivity contribution in [3.8, 4) is 0 Å². The molecule has 0 atom stereocenters. The van der Waals surface area contributed by atoms with Crippen LogP contribution in [0.25, 0.3) is 0 Å². The number of imide groups is 1. The van der Waals surface area contributed by atoms with Gasteiger partial charge in [0.05, 0.1) is 16.0 Å². The van der Waals surface area contributed by atoms with Crippen LogP contribution < -0.4 is 15.4 Å². The van der Waals surface area contributed by atoms with Crippen LogP contribution in [0, 0.1) is 0 Å². The highest BCUT2D eigenvalue weighted by atomic mass is 32.2. The largest absolute Gasteiger partial charge is 0.326 e. The molecule has 128 valence electrons. The second-order valence-electron chi connectivity index (χ2n) is 5.35. The number of rotatable bonds is 4. The van der Waals surface area contributed by atoms with Crippen molar-refractivity contribution in [2.45, 2.75) is 11.8 Å². The summed E-state index contributed by atoms with van der Waals surface area (Å²) in [6.45, 7) is 1.37. The summed E-state index contributed by atoms with van der Waals surface area (Å²) in [5.41, 5.74) is 0.982. The first kappa shape index (κ1) is 16.7. The van der Waals surface area contributed by atoms with E-state index in [4.69, 9.17) is 0 Å². The third kappa shape index (κ3) is 3.36. The molecule has 0 unspecified atom stereocenters. The molecule has 1 heterocycles. The van der Waals surface area contributed by atoms with Gasteiger partial charge in [-0.25, -0.2) is 8.42 Å². The Labute approximate surface area is 143 Å². The van der Waals surface area contributed by atoms with E-state index >= 15 is 0 Å². The molecule has 0 aromatic heterocycles. The maximum atomic E-state index is 12.5. The van der Waals surface area contributed by atoms with E-state index in [0.29, 0.717) is 5.69 Å². The molecule has 0 saturated carbocycles. The van der Waals surface area contributed by atoms with Gasteiger partial charge in [-0.2, -0.15) is 0 Å². The Morgan fingerprint density at radius 2 is 1.52 bits per heavy atom. The summed E-state index contributed by atoms with van der Waals surface area (Å²) >= 11 is 0. The van der Waals surface area contributed by atoms with Crippen molar-refractivity contribution in [2.75, 3.05) is 10.0 Å². The highest BCUT2D eigenvalue weighted by molar-refractivity contribution is 7.92. The Kier molecular flexibility index (Phi) is 4.01. The SMILES string of the molecule is CC(=O)Nc1ccc(NS(=O)(=O)c2ccc3c(c2)C(=O)NC3=O)cc1. The number of hydrogen-bond acceptors (Lipinski definition) is 5. The van der Waals surface area contributed by atoms with Gasteiger partial charge in [-0.1, -0.05) is 0 Å². The molecule has 3 N–H and O–H groups in total. The minimum Gasteiger partial charge on any atom is -0.326 e. The Hall–Kier alpha value is -3.20. The predicted molar refractivity (Wildman–Crippen MR) is 89.8 cm³/mol. The van der Waals surface area contributed by atoms with E-state index in [1.165, 1.54) is 31.2 Å². The first-order valence-corrected chi connectivity index (χ1v) is 8.65. The lowest BCUT2D eigenvalue weighted by molar-refractivity contribution is -0.114. The zero-order valence-electron chi connectivity index (χ0n) is 13.0. The summed E-state index contributed by atoms with van der Waals surface area (Å²) in [5, 5.41) is 4.68. The van der Waals surface area contributed by atoms with E-state index in [1.807, 2.05) is 0 Å². The summed E-state index contributed by atoms with van der Waals surface area (Å²) in [4.78, 5) is 34.0. The molecule has 0 spiro atoms. The van der Waals surface area contributed by atoms with E-state index < -0.39 is 21.8 Å². The molecule has 0 radical (unpaired) electrons. The molecule has 25 heavy (non-hydrogen) atoms. The van der Waals surface area contributed by atoms with Gasteiger partial charge in [-0.3, -0.25) is 24.4 Å². The molecule has 3 amide bonds. The van der Waals surface area contributed by atoms with E-state index in [9.17, 15) is 22.8 Å². The third-order valence-corrected chi connectivity index (χ3v) is 4.85. The zero-order valence-corrected chi connectivity index (χ0v) is 13.8. The fraction of sp³-hybridized carbons (Fsp3) is 0.0625. The van der Waals surface area contributed by atoms with Crippen LogP contribution in [0.15, 0.2) is 47.4 Å². The summed E-state index contributed by atoms with van der Waals surface area (Å²) in [6, 6.07) is 9.79. The lowest BCUT2D eigenvalue weighted by atomic mass is 10.1. The molecule has 0 fully saturated rings. The van der Waals surface area contributed by atoms with Gasteiger partial charge in [-0.05, 0) is 42.5 Å². The first-order chi connectivity index (χ1) is 11.8. The molecule has 0 aliphatic carbocycles. The van der Waals surface area contributed by atoms with E-state index in [-0.39, 0.29) is 27.6 Å². The molecular formula is C16H13N3O5S. The molecular weight excluding hydrogens is 346 g/mol. The average Bonchev–Trinajstić information content (AvgIpc) is 2.83. The molecule has 3 rings (SSSR count). The van der Waals surface area contributed by atoms with E-state index in [0.717, 1.165) is 6.07 Å². The number of fused-ring (bicyclic) bond motifs is 1. The quantitative estimate of drug-likeness (QED) is 0.711. The van der Waals surface area contributed by atoms with Gasteiger partial charge in [0.15, 0.2) is 0 Å². The monoisotopic (exact) mass is 359 g/mol. The minimum absolute atomic E-state index is 0.0221. The molecule has 0 bridgehead atoms. The van der Waals surface area contributed by atoms with Crippen molar-refractivity contribution in [3.05, 3.63) is 53.6 Å². The van der Waals surface area contributed by atoms with Crippen LogP contribution in [-0.4, -0.2) is 26.1 Å². The van der Waals surface area contributed by atoms with Crippen molar-refractivity contribution in [3.63, 3.8) is 0 Å². The second-order valence-corrected chi connectivity index (χ2v) is 7.04. The maximum absolute atomic E-state index is 12.5. The number of anilines is 2. The van der Waals surface area contributed by atoms with Gasteiger partial charge in [0, 0.05) is 18.3 Å². The average molecular weight is 359 g/mol. The number of benzene rings is 2. The summed E-state index contributed by atoms with van der Waals surface area (Å²) in [7, 11) is -3.94. The van der Waals surface area contributed by atoms with Crippen molar-refractivity contribution in [1.29, 1.82) is 0 Å². The highest BCUT2D eigenvalue weighted by Crippen LogP contribution is 2.23. The standard InChI is InChI=1S/C16H13N3O5S/c1-9(20)17-10-2-4-11(5-3-10)19-25(23,24)12-6-7-13-14(8-12)16(22)18-15(13)21/h2-8,19H,1H3,(H,17,20)(H,18,21,22). The number of amides is 3. The summed E-state index contributed by atoms with van der Waals surface area (Å²) < 4.78 is 27.3. The van der Waals surface area contributed by atoms with Crippen LogP contribution >= 0.6 is 0 Å². The molecule has 1 aliphatic heterocycles. The lowest BCUT2D eigenvalue weighted by Crippen LogP contribution is -2.19. The predicted octanol–water partition coefficient (Wildman–Crippen LogP) is 1.33. The topological polar surface area (TPSA) is 121 Å². The fourth-order valence-electron chi connectivity index (χ4n) is 2.35. The van der Waals surface area contributed by atoms with E-state index in [2.05, 4.69) is 15.4 Å². The minimum atomic E-state index is -3.94. The van der Waals surface area contributed by atoms with Gasteiger partial charge >= 0.3 is 0 Å². The number of carbonyl (C=O) groups is 3. The first-order valence-electron chi connectivity index (χ1n) is 7.16. The van der Waals surface area contributed by atoms with Crippen LogP contribution in [0.4, 0.5) is 11.4 Å². The maximum Gasteiger partial charge on any atom is 0.261 e. The summed E-state index contributed by atoms with van der Waals surface area (Å²) in [5.74, 6) is -1.42. The highest BCUT2D eigenvalue weighted by Gasteiger charge is 2.28. The van der Waals surface area contributed by atoms with Crippen molar-refractivity contribution in [2.24, 2.45) is 0 Å². The fourth-order valence-corrected chi connectivity index (χ4v) is 3.44. The molecule has 8 nitrogen and oxygen atoms in total. The molecule has 9 heteroatoms. The van der Waals surface area contributed by atoms with Gasteiger partial charge in [0.25, 0.3) is 21.8 Å². The zero-order chi connectivity index (χ0) is 18.2. The van der Waals surface area contributed by atoms with Crippen molar-refractivity contribution < 1.29 is 22.8 Å². The number of sulfonamides is 1. The normalized spacial score (nSPS) is 13.2. The summed E-state index contributed by atoms with van der Waals surface area (Å²) in [6.07, 6.45) is 0. The smallest absolute Gasteiger partial charge is 0.261 e.